The average molecular weight is 337 g/mol. The summed E-state index contributed by atoms with van der Waals surface area (Å²) in [6.07, 6.45) is -5.46. The van der Waals surface area contributed by atoms with Crippen LogP contribution in [0.5, 0.6) is 0 Å². The van der Waals surface area contributed by atoms with E-state index >= 15 is 0 Å². The van der Waals surface area contributed by atoms with Gasteiger partial charge >= 0.3 is 12.1 Å². The van der Waals surface area contributed by atoms with Crippen LogP contribution in [0.2, 0.25) is 5.02 Å². The van der Waals surface area contributed by atoms with Crippen LogP contribution >= 0.6 is 11.6 Å². The van der Waals surface area contributed by atoms with E-state index in [9.17, 15) is 13.2 Å². The normalized spacial score (nSPS) is 34.9. The number of benzene rings is 1. The number of ether oxygens (including phenoxy) is 3. The van der Waals surface area contributed by atoms with Crippen molar-refractivity contribution < 1.29 is 27.4 Å². The zero-order valence-electron chi connectivity index (χ0n) is 12.0. The summed E-state index contributed by atoms with van der Waals surface area (Å²) in [7, 11) is 0. The lowest BCUT2D eigenvalue weighted by Gasteiger charge is -2.56. The minimum absolute atomic E-state index is 0.0480. The molecular weight excluding hydrogens is 321 g/mol. The summed E-state index contributed by atoms with van der Waals surface area (Å²) < 4.78 is 56.9. The van der Waals surface area contributed by atoms with E-state index in [1.807, 2.05) is 6.92 Å². The molecule has 3 saturated heterocycles. The number of fused-ring (bicyclic) bond motifs is 3. The third-order valence-corrected chi connectivity index (χ3v) is 4.42. The van der Waals surface area contributed by atoms with Crippen molar-refractivity contribution in [2.24, 2.45) is 5.41 Å². The van der Waals surface area contributed by atoms with E-state index < -0.39 is 23.7 Å². The summed E-state index contributed by atoms with van der Waals surface area (Å²) in [5.41, 5.74) is -0.808. The molecule has 0 amide bonds. The maximum Gasteiger partial charge on any atom is 0.415 e. The quantitative estimate of drug-likeness (QED) is 0.826. The molecule has 1 aromatic carbocycles. The Morgan fingerprint density at radius 2 is 1.77 bits per heavy atom. The molecule has 0 saturated carbocycles. The zero-order valence-corrected chi connectivity index (χ0v) is 12.7. The zero-order chi connectivity index (χ0) is 16.0. The standard InChI is InChI=1S/C15H16ClF3O3/c1-2-7-13-8-20-15(21-9-13,22-12(13)14(17,18)19)10-3-5-11(16)6-4-10/h3-6,12H,2,7-9H2,1H3. The molecular formula is C15H16ClF3O3. The number of alkyl halides is 3. The third-order valence-electron chi connectivity index (χ3n) is 4.17. The average Bonchev–Trinajstić information content (AvgIpc) is 2.48. The SMILES string of the molecule is CCCC12COC(c3ccc(Cl)cc3)(OC1)OC2C(F)(F)F. The minimum atomic E-state index is -4.47. The van der Waals surface area contributed by atoms with Crippen LogP contribution in [-0.4, -0.2) is 25.5 Å². The second-order valence-electron chi connectivity index (χ2n) is 5.79. The smallest absolute Gasteiger partial charge is 0.323 e. The molecule has 3 heterocycles. The lowest BCUT2D eigenvalue weighted by molar-refractivity contribution is -0.524. The predicted molar refractivity (Wildman–Crippen MR) is 73.3 cm³/mol. The molecule has 3 aliphatic rings. The van der Waals surface area contributed by atoms with Gasteiger partial charge in [-0.15, -0.1) is 0 Å². The monoisotopic (exact) mass is 336 g/mol. The molecule has 4 rings (SSSR count). The molecule has 1 atom stereocenters. The van der Waals surface area contributed by atoms with Crippen LogP contribution in [0.15, 0.2) is 24.3 Å². The van der Waals surface area contributed by atoms with Crippen LogP contribution in [-0.2, 0) is 20.2 Å². The molecule has 3 aliphatic heterocycles. The van der Waals surface area contributed by atoms with E-state index in [0.717, 1.165) is 0 Å². The first-order chi connectivity index (χ1) is 10.3. The molecule has 0 aliphatic carbocycles. The highest BCUT2D eigenvalue weighted by Gasteiger charge is 2.66. The highest BCUT2D eigenvalue weighted by molar-refractivity contribution is 6.30. The van der Waals surface area contributed by atoms with E-state index in [0.29, 0.717) is 23.4 Å². The van der Waals surface area contributed by atoms with E-state index in [1.165, 1.54) is 0 Å². The second kappa shape index (κ2) is 5.37. The topological polar surface area (TPSA) is 27.7 Å². The summed E-state index contributed by atoms with van der Waals surface area (Å²) in [5.74, 6) is -1.81. The summed E-state index contributed by atoms with van der Waals surface area (Å²) in [6.45, 7) is 1.74. The minimum Gasteiger partial charge on any atom is -0.323 e. The number of halogens is 4. The number of hydrogen-bond donors (Lipinski definition) is 0. The third kappa shape index (κ3) is 2.52. The highest BCUT2D eigenvalue weighted by Crippen LogP contribution is 2.54. The van der Waals surface area contributed by atoms with Gasteiger partial charge in [0.25, 0.3) is 0 Å². The summed E-state index contributed by atoms with van der Waals surface area (Å²) in [5, 5.41) is 0.472. The van der Waals surface area contributed by atoms with Crippen LogP contribution in [0.25, 0.3) is 0 Å². The van der Waals surface area contributed by atoms with Crippen molar-refractivity contribution in [1.82, 2.24) is 0 Å². The van der Waals surface area contributed by atoms with Gasteiger partial charge in [0, 0.05) is 10.6 Å². The van der Waals surface area contributed by atoms with Gasteiger partial charge in [0.2, 0.25) is 0 Å². The fraction of sp³-hybridized carbons (Fsp3) is 0.600. The molecule has 0 aromatic heterocycles. The molecule has 122 valence electrons. The van der Waals surface area contributed by atoms with Crippen molar-refractivity contribution in [3.8, 4) is 0 Å². The molecule has 0 radical (unpaired) electrons. The van der Waals surface area contributed by atoms with Crippen molar-refractivity contribution in [2.75, 3.05) is 13.2 Å². The first-order valence-electron chi connectivity index (χ1n) is 7.10. The van der Waals surface area contributed by atoms with Crippen molar-refractivity contribution in [1.29, 1.82) is 0 Å². The first kappa shape index (κ1) is 16.1. The van der Waals surface area contributed by atoms with Crippen LogP contribution in [0, 0.1) is 5.41 Å². The maximum atomic E-state index is 13.5. The molecule has 0 N–H and O–H groups in total. The highest BCUT2D eigenvalue weighted by atomic mass is 35.5. The molecule has 2 bridgehead atoms. The van der Waals surface area contributed by atoms with E-state index in [4.69, 9.17) is 25.8 Å². The fourth-order valence-corrected chi connectivity index (χ4v) is 3.26. The molecule has 7 heteroatoms. The summed E-state index contributed by atoms with van der Waals surface area (Å²) in [6, 6.07) is 6.22. The van der Waals surface area contributed by atoms with Gasteiger partial charge in [-0.3, -0.25) is 0 Å². The lowest BCUT2D eigenvalue weighted by atomic mass is 9.76. The number of hydrogen-bond acceptors (Lipinski definition) is 3. The van der Waals surface area contributed by atoms with E-state index in [1.54, 1.807) is 24.3 Å². The molecule has 1 unspecified atom stereocenters. The van der Waals surface area contributed by atoms with E-state index in [2.05, 4.69) is 0 Å². The van der Waals surface area contributed by atoms with Gasteiger partial charge in [0.05, 0.1) is 18.6 Å². The number of rotatable bonds is 3. The van der Waals surface area contributed by atoms with Crippen LogP contribution in [0.3, 0.4) is 0 Å². The van der Waals surface area contributed by atoms with Crippen LogP contribution in [0.4, 0.5) is 13.2 Å². The van der Waals surface area contributed by atoms with Crippen molar-refractivity contribution >= 4 is 11.6 Å². The summed E-state index contributed by atoms with van der Waals surface area (Å²) >= 11 is 5.81. The Bertz CT molecular complexity index is 536. The van der Waals surface area contributed by atoms with Crippen molar-refractivity contribution in [3.63, 3.8) is 0 Å². The van der Waals surface area contributed by atoms with Crippen LogP contribution in [0.1, 0.15) is 25.3 Å². The Kier molecular flexibility index (Phi) is 3.92. The fourth-order valence-electron chi connectivity index (χ4n) is 3.14. The Balaban J connectivity index is 1.96. The largest absolute Gasteiger partial charge is 0.415 e. The molecule has 3 nitrogen and oxygen atoms in total. The lowest BCUT2D eigenvalue weighted by Crippen LogP contribution is -2.66. The van der Waals surface area contributed by atoms with Gasteiger partial charge in [-0.05, 0) is 30.7 Å². The van der Waals surface area contributed by atoms with Crippen molar-refractivity contribution in [2.45, 2.75) is 38.0 Å². The molecule has 3 fully saturated rings. The Morgan fingerprint density at radius 1 is 1.18 bits per heavy atom. The van der Waals surface area contributed by atoms with Gasteiger partial charge in [-0.25, -0.2) is 0 Å². The second-order valence-corrected chi connectivity index (χ2v) is 6.23. The Morgan fingerprint density at radius 3 is 2.27 bits per heavy atom. The Hall–Kier alpha value is -0.820. The van der Waals surface area contributed by atoms with Gasteiger partial charge in [-0.1, -0.05) is 24.9 Å². The van der Waals surface area contributed by atoms with Gasteiger partial charge in [0.15, 0.2) is 6.10 Å². The predicted octanol–water partition coefficient (Wildman–Crippen LogP) is 4.24. The molecule has 22 heavy (non-hydrogen) atoms. The molecule has 1 aromatic rings. The first-order valence-corrected chi connectivity index (χ1v) is 7.48. The van der Waals surface area contributed by atoms with Crippen molar-refractivity contribution in [3.05, 3.63) is 34.9 Å². The van der Waals surface area contributed by atoms with E-state index in [-0.39, 0.29) is 13.2 Å². The van der Waals surface area contributed by atoms with Gasteiger partial charge in [0.1, 0.15) is 0 Å². The van der Waals surface area contributed by atoms with Crippen LogP contribution < -0.4 is 0 Å². The molecule has 0 spiro atoms. The van der Waals surface area contributed by atoms with Gasteiger partial charge < -0.3 is 14.2 Å². The summed E-state index contributed by atoms with van der Waals surface area (Å²) in [4.78, 5) is 0. The van der Waals surface area contributed by atoms with Gasteiger partial charge in [-0.2, -0.15) is 13.2 Å². The Labute approximate surface area is 131 Å². The maximum absolute atomic E-state index is 13.5.